The fourth-order valence-corrected chi connectivity index (χ4v) is 2.54. The van der Waals surface area contributed by atoms with E-state index in [4.69, 9.17) is 16.3 Å². The summed E-state index contributed by atoms with van der Waals surface area (Å²) in [7, 11) is 1.55. The van der Waals surface area contributed by atoms with Gasteiger partial charge in [-0.1, -0.05) is 11.6 Å². The van der Waals surface area contributed by atoms with Crippen molar-refractivity contribution >= 4 is 23.4 Å². The SMILES string of the molecule is CC(C)OC(=O)N1CCC(Nc2cnn(C)c(=O)c2Cl)CC1. The number of nitrogens with zero attached hydrogens (tertiary/aromatic N) is 3. The molecule has 1 aliphatic heterocycles. The second kappa shape index (κ2) is 7.00. The van der Waals surface area contributed by atoms with Gasteiger partial charge >= 0.3 is 6.09 Å². The molecule has 8 heteroatoms. The molecule has 7 nitrogen and oxygen atoms in total. The van der Waals surface area contributed by atoms with E-state index < -0.39 is 0 Å². The molecule has 0 atom stereocenters. The molecule has 0 saturated carbocycles. The van der Waals surface area contributed by atoms with Gasteiger partial charge < -0.3 is 15.0 Å². The van der Waals surface area contributed by atoms with Gasteiger partial charge in [-0.2, -0.15) is 5.10 Å². The highest BCUT2D eigenvalue weighted by Gasteiger charge is 2.25. The largest absolute Gasteiger partial charge is 0.447 e. The molecule has 2 heterocycles. The fraction of sp³-hybridized carbons (Fsp3) is 0.643. The van der Waals surface area contributed by atoms with E-state index in [1.807, 2.05) is 13.8 Å². The predicted molar refractivity (Wildman–Crippen MR) is 84.3 cm³/mol. The number of hydrogen-bond acceptors (Lipinski definition) is 5. The number of anilines is 1. The number of ether oxygens (including phenoxy) is 1. The van der Waals surface area contributed by atoms with Gasteiger partial charge in [0.2, 0.25) is 0 Å². The summed E-state index contributed by atoms with van der Waals surface area (Å²) in [5, 5.41) is 7.32. The maximum Gasteiger partial charge on any atom is 0.410 e. The summed E-state index contributed by atoms with van der Waals surface area (Å²) in [6.07, 6.45) is 2.68. The van der Waals surface area contributed by atoms with Crippen LogP contribution >= 0.6 is 11.6 Å². The molecular weight excluding hydrogens is 308 g/mol. The molecule has 22 heavy (non-hydrogen) atoms. The van der Waals surface area contributed by atoms with Crippen LogP contribution in [0.1, 0.15) is 26.7 Å². The van der Waals surface area contributed by atoms with Crippen molar-refractivity contribution in [2.24, 2.45) is 7.05 Å². The van der Waals surface area contributed by atoms with Crippen LogP contribution in [0.15, 0.2) is 11.0 Å². The molecule has 0 bridgehead atoms. The van der Waals surface area contributed by atoms with Crippen molar-refractivity contribution in [3.8, 4) is 0 Å². The first-order valence-electron chi connectivity index (χ1n) is 7.32. The Hall–Kier alpha value is -1.76. The second-order valence-electron chi connectivity index (χ2n) is 5.64. The van der Waals surface area contributed by atoms with Gasteiger partial charge in [-0.3, -0.25) is 4.79 Å². The number of rotatable bonds is 3. The highest BCUT2D eigenvalue weighted by molar-refractivity contribution is 6.32. The molecule has 0 aliphatic carbocycles. The Balaban J connectivity index is 1.92. The number of halogens is 1. The number of piperidine rings is 1. The lowest BCUT2D eigenvalue weighted by Crippen LogP contribution is -2.43. The van der Waals surface area contributed by atoms with E-state index in [-0.39, 0.29) is 28.8 Å². The third-order valence-electron chi connectivity index (χ3n) is 3.53. The van der Waals surface area contributed by atoms with Gasteiger partial charge in [0.25, 0.3) is 5.56 Å². The van der Waals surface area contributed by atoms with Crippen LogP contribution in [-0.4, -0.2) is 46.0 Å². The van der Waals surface area contributed by atoms with Gasteiger partial charge in [0.1, 0.15) is 5.02 Å². The third-order valence-corrected chi connectivity index (χ3v) is 3.89. The van der Waals surface area contributed by atoms with Crippen LogP contribution in [0, 0.1) is 0 Å². The van der Waals surface area contributed by atoms with Gasteiger partial charge in [-0.25, -0.2) is 9.48 Å². The lowest BCUT2D eigenvalue weighted by atomic mass is 10.1. The molecule has 1 N–H and O–H groups in total. The van der Waals surface area contributed by atoms with E-state index in [9.17, 15) is 9.59 Å². The molecule has 1 amide bonds. The highest BCUT2D eigenvalue weighted by Crippen LogP contribution is 2.21. The van der Waals surface area contributed by atoms with Gasteiger partial charge in [0.05, 0.1) is 18.0 Å². The molecule has 1 fully saturated rings. The second-order valence-corrected chi connectivity index (χ2v) is 6.02. The maximum atomic E-state index is 11.8. The first kappa shape index (κ1) is 16.6. The number of carbonyl (C=O) groups excluding carboxylic acids is 1. The number of hydrogen-bond donors (Lipinski definition) is 1. The summed E-state index contributed by atoms with van der Waals surface area (Å²) in [6, 6.07) is 0.148. The van der Waals surface area contributed by atoms with E-state index in [0.717, 1.165) is 12.8 Å². The van der Waals surface area contributed by atoms with Crippen molar-refractivity contribution in [2.45, 2.75) is 38.8 Å². The van der Waals surface area contributed by atoms with Crippen molar-refractivity contribution in [2.75, 3.05) is 18.4 Å². The Bertz CT molecular complexity index is 594. The van der Waals surface area contributed by atoms with Gasteiger partial charge in [0, 0.05) is 26.2 Å². The van der Waals surface area contributed by atoms with Crippen LogP contribution in [0.3, 0.4) is 0 Å². The van der Waals surface area contributed by atoms with Crippen molar-refractivity contribution in [3.05, 3.63) is 21.6 Å². The lowest BCUT2D eigenvalue weighted by molar-refractivity contribution is 0.0701. The molecule has 0 spiro atoms. The molecule has 0 radical (unpaired) electrons. The minimum atomic E-state index is -0.329. The number of likely N-dealkylation sites (tertiary alicyclic amines) is 1. The number of carbonyl (C=O) groups is 1. The van der Waals surface area contributed by atoms with Crippen LogP contribution in [-0.2, 0) is 11.8 Å². The van der Waals surface area contributed by atoms with Gasteiger partial charge in [0.15, 0.2) is 0 Å². The zero-order valence-corrected chi connectivity index (χ0v) is 13.8. The quantitative estimate of drug-likeness (QED) is 0.916. The smallest absolute Gasteiger partial charge is 0.410 e. The number of aromatic nitrogens is 2. The topological polar surface area (TPSA) is 76.5 Å². The minimum absolute atomic E-state index is 0.117. The molecule has 1 aromatic heterocycles. The standard InChI is InChI=1S/C14H21ClN4O3/c1-9(2)22-14(21)19-6-4-10(5-7-19)17-11-8-16-18(3)13(20)12(11)15/h8-10,17H,4-7H2,1-3H3. The predicted octanol–water partition coefficient (Wildman–Crippen LogP) is 1.85. The van der Waals surface area contributed by atoms with Crippen LogP contribution in [0.25, 0.3) is 0 Å². The van der Waals surface area contributed by atoms with Crippen molar-refractivity contribution in [1.82, 2.24) is 14.7 Å². The summed E-state index contributed by atoms with van der Waals surface area (Å²) in [6.45, 7) is 4.88. The average Bonchev–Trinajstić information content (AvgIpc) is 2.48. The van der Waals surface area contributed by atoms with E-state index in [2.05, 4.69) is 10.4 Å². The van der Waals surface area contributed by atoms with Crippen LogP contribution in [0.2, 0.25) is 5.02 Å². The molecule has 1 saturated heterocycles. The molecule has 2 rings (SSSR count). The Morgan fingerprint density at radius 1 is 1.45 bits per heavy atom. The number of amides is 1. The van der Waals surface area contributed by atoms with E-state index in [1.54, 1.807) is 18.1 Å². The van der Waals surface area contributed by atoms with Crippen LogP contribution < -0.4 is 10.9 Å². The van der Waals surface area contributed by atoms with Gasteiger partial charge in [-0.05, 0) is 26.7 Å². The Kier molecular flexibility index (Phi) is 5.28. The first-order valence-corrected chi connectivity index (χ1v) is 7.70. The van der Waals surface area contributed by atoms with Gasteiger partial charge in [-0.15, -0.1) is 0 Å². The summed E-state index contributed by atoms with van der Waals surface area (Å²) in [4.78, 5) is 25.2. The normalized spacial score (nSPS) is 16.0. The molecule has 1 aromatic rings. The molecule has 0 aromatic carbocycles. The first-order chi connectivity index (χ1) is 10.4. The van der Waals surface area contributed by atoms with Crippen LogP contribution in [0.4, 0.5) is 10.5 Å². The van der Waals surface area contributed by atoms with Crippen molar-refractivity contribution < 1.29 is 9.53 Å². The molecular formula is C14H21ClN4O3. The van der Waals surface area contributed by atoms with E-state index in [0.29, 0.717) is 18.8 Å². The highest BCUT2D eigenvalue weighted by atomic mass is 35.5. The van der Waals surface area contributed by atoms with Crippen molar-refractivity contribution in [1.29, 1.82) is 0 Å². The van der Waals surface area contributed by atoms with Crippen LogP contribution in [0.5, 0.6) is 0 Å². The number of aryl methyl sites for hydroxylation is 1. The summed E-state index contributed by atoms with van der Waals surface area (Å²) in [5.74, 6) is 0. The Morgan fingerprint density at radius 2 is 2.09 bits per heavy atom. The summed E-state index contributed by atoms with van der Waals surface area (Å²) < 4.78 is 6.38. The molecule has 0 unspecified atom stereocenters. The summed E-state index contributed by atoms with van der Waals surface area (Å²) in [5.41, 5.74) is 0.206. The average molecular weight is 329 g/mol. The Morgan fingerprint density at radius 3 is 2.68 bits per heavy atom. The summed E-state index contributed by atoms with van der Waals surface area (Å²) >= 11 is 6.03. The minimum Gasteiger partial charge on any atom is -0.447 e. The van der Waals surface area contributed by atoms with E-state index >= 15 is 0 Å². The zero-order chi connectivity index (χ0) is 16.3. The zero-order valence-electron chi connectivity index (χ0n) is 13.0. The van der Waals surface area contributed by atoms with Crippen molar-refractivity contribution in [3.63, 3.8) is 0 Å². The van der Waals surface area contributed by atoms with E-state index in [1.165, 1.54) is 4.68 Å². The third kappa shape index (κ3) is 3.91. The number of nitrogens with one attached hydrogen (secondary N) is 1. The molecule has 1 aliphatic rings. The molecule has 122 valence electrons. The monoisotopic (exact) mass is 328 g/mol. The Labute approximate surface area is 134 Å². The fourth-order valence-electron chi connectivity index (χ4n) is 2.31. The lowest BCUT2D eigenvalue weighted by Gasteiger charge is -2.32. The maximum absolute atomic E-state index is 11.8.